The lowest BCUT2D eigenvalue weighted by Crippen LogP contribution is -2.27. The first kappa shape index (κ1) is 22.9. The number of hydrogen-bond acceptors (Lipinski definition) is 5. The van der Waals surface area contributed by atoms with Crippen molar-refractivity contribution in [2.45, 2.75) is 13.3 Å². The molecule has 2 amide bonds. The van der Waals surface area contributed by atoms with E-state index in [-0.39, 0.29) is 11.7 Å². The lowest BCUT2D eigenvalue weighted by atomic mass is 10.1. The molecule has 4 rings (SSSR count). The number of carbonyl (C=O) groups excluding carboxylic acids is 2. The summed E-state index contributed by atoms with van der Waals surface area (Å²) in [6.45, 7) is 3.05. The molecule has 0 fully saturated rings. The minimum atomic E-state index is -0.397. The van der Waals surface area contributed by atoms with Gasteiger partial charge in [0, 0.05) is 17.7 Å². The first-order chi connectivity index (χ1) is 16.6. The summed E-state index contributed by atoms with van der Waals surface area (Å²) in [6.07, 6.45) is 2.32. The van der Waals surface area contributed by atoms with Crippen molar-refractivity contribution in [3.63, 3.8) is 0 Å². The second-order valence-corrected chi connectivity index (χ2v) is 7.60. The zero-order valence-corrected chi connectivity index (χ0v) is 19.1. The van der Waals surface area contributed by atoms with Crippen molar-refractivity contribution < 1.29 is 23.8 Å². The van der Waals surface area contributed by atoms with Crippen LogP contribution >= 0.6 is 0 Å². The second-order valence-electron chi connectivity index (χ2n) is 7.60. The molecule has 0 bridgehead atoms. The molecular formula is C27H26N2O5. The standard InChI is InChI=1S/C27H26N2O5/c1-3-33-21-11-8-18(9-12-21)14-15-28-26(30)20-10-13-24-22(16-20)29-27(31)25(34-24)17-19-6-4-5-7-23(19)32-2/h4-13,16-17H,3,14-15H2,1-2H3,(H,28,30)(H,29,31). The van der Waals surface area contributed by atoms with Crippen LogP contribution in [0.15, 0.2) is 72.5 Å². The van der Waals surface area contributed by atoms with Gasteiger partial charge in [0.25, 0.3) is 11.8 Å². The van der Waals surface area contributed by atoms with Crippen LogP contribution in [0.1, 0.15) is 28.4 Å². The number of nitrogens with one attached hydrogen (secondary N) is 2. The van der Waals surface area contributed by atoms with Gasteiger partial charge in [-0.05, 0) is 61.4 Å². The Morgan fingerprint density at radius 2 is 1.88 bits per heavy atom. The number of hydrogen-bond donors (Lipinski definition) is 2. The predicted octanol–water partition coefficient (Wildman–Crippen LogP) is 4.44. The number of amides is 2. The van der Waals surface area contributed by atoms with Crippen molar-refractivity contribution >= 4 is 23.6 Å². The first-order valence-electron chi connectivity index (χ1n) is 11.0. The second kappa shape index (κ2) is 10.6. The minimum absolute atomic E-state index is 0.143. The smallest absolute Gasteiger partial charge is 0.291 e. The number of anilines is 1. The van der Waals surface area contributed by atoms with Crippen LogP contribution in [-0.2, 0) is 11.2 Å². The summed E-state index contributed by atoms with van der Waals surface area (Å²) < 4.78 is 16.6. The van der Waals surface area contributed by atoms with Gasteiger partial charge in [-0.2, -0.15) is 0 Å². The molecule has 0 saturated heterocycles. The van der Waals surface area contributed by atoms with Crippen LogP contribution in [0.25, 0.3) is 6.08 Å². The van der Waals surface area contributed by atoms with Gasteiger partial charge in [0.1, 0.15) is 11.5 Å². The largest absolute Gasteiger partial charge is 0.496 e. The number of rotatable bonds is 8. The maximum atomic E-state index is 12.6. The Kier molecular flexibility index (Phi) is 7.13. The molecule has 0 saturated carbocycles. The fraction of sp³-hybridized carbons (Fsp3) is 0.185. The zero-order valence-electron chi connectivity index (χ0n) is 19.1. The van der Waals surface area contributed by atoms with E-state index >= 15 is 0 Å². The van der Waals surface area contributed by atoms with Gasteiger partial charge in [0.2, 0.25) is 0 Å². The van der Waals surface area contributed by atoms with Gasteiger partial charge in [-0.15, -0.1) is 0 Å². The fourth-order valence-electron chi connectivity index (χ4n) is 3.57. The molecule has 0 aromatic heterocycles. The third-order valence-corrected chi connectivity index (χ3v) is 5.29. The molecule has 0 atom stereocenters. The number of ether oxygens (including phenoxy) is 3. The summed E-state index contributed by atoms with van der Waals surface area (Å²) in [4.78, 5) is 25.2. The molecule has 174 valence electrons. The molecule has 1 aliphatic heterocycles. The van der Waals surface area contributed by atoms with E-state index in [0.717, 1.165) is 16.9 Å². The summed E-state index contributed by atoms with van der Waals surface area (Å²) in [6, 6.07) is 20.1. The predicted molar refractivity (Wildman–Crippen MR) is 130 cm³/mol. The zero-order chi connectivity index (χ0) is 23.9. The van der Waals surface area contributed by atoms with Crippen molar-refractivity contribution in [3.8, 4) is 17.2 Å². The van der Waals surface area contributed by atoms with E-state index in [9.17, 15) is 9.59 Å². The third-order valence-electron chi connectivity index (χ3n) is 5.29. The van der Waals surface area contributed by atoms with Crippen LogP contribution in [-0.4, -0.2) is 32.1 Å². The molecule has 2 N–H and O–H groups in total. The lowest BCUT2D eigenvalue weighted by Gasteiger charge is -2.20. The number of benzene rings is 3. The lowest BCUT2D eigenvalue weighted by molar-refractivity contribution is -0.115. The fourth-order valence-corrected chi connectivity index (χ4v) is 3.57. The molecule has 7 nitrogen and oxygen atoms in total. The van der Waals surface area contributed by atoms with Crippen molar-refractivity contribution in [1.29, 1.82) is 0 Å². The summed E-state index contributed by atoms with van der Waals surface area (Å²) in [5.74, 6) is 1.45. The number of methoxy groups -OCH3 is 1. The number of fused-ring (bicyclic) bond motifs is 1. The highest BCUT2D eigenvalue weighted by Crippen LogP contribution is 2.33. The average molecular weight is 459 g/mol. The van der Waals surface area contributed by atoms with Crippen molar-refractivity contribution in [2.75, 3.05) is 25.6 Å². The molecular weight excluding hydrogens is 432 g/mol. The van der Waals surface area contributed by atoms with E-state index in [1.54, 1.807) is 31.4 Å². The van der Waals surface area contributed by atoms with Gasteiger partial charge in [0.15, 0.2) is 11.5 Å². The Morgan fingerprint density at radius 1 is 1.09 bits per heavy atom. The molecule has 1 aliphatic rings. The third kappa shape index (κ3) is 5.38. The van der Waals surface area contributed by atoms with Gasteiger partial charge in [-0.3, -0.25) is 9.59 Å². The molecule has 7 heteroatoms. The maximum absolute atomic E-state index is 12.6. The Labute approximate surface area is 198 Å². The molecule has 34 heavy (non-hydrogen) atoms. The molecule has 0 radical (unpaired) electrons. The average Bonchev–Trinajstić information content (AvgIpc) is 2.85. The summed E-state index contributed by atoms with van der Waals surface area (Å²) in [7, 11) is 1.57. The van der Waals surface area contributed by atoms with Crippen molar-refractivity contribution in [3.05, 3.63) is 89.2 Å². The highest BCUT2D eigenvalue weighted by molar-refractivity contribution is 6.09. The molecule has 1 heterocycles. The maximum Gasteiger partial charge on any atom is 0.291 e. The summed E-state index contributed by atoms with van der Waals surface area (Å²) >= 11 is 0. The van der Waals surface area contributed by atoms with Crippen LogP contribution in [0.2, 0.25) is 0 Å². The number of para-hydroxylation sites is 1. The van der Waals surface area contributed by atoms with Crippen molar-refractivity contribution in [2.24, 2.45) is 0 Å². The normalized spacial score (nSPS) is 13.5. The van der Waals surface area contributed by atoms with E-state index in [1.807, 2.05) is 55.5 Å². The van der Waals surface area contributed by atoms with Crippen LogP contribution < -0.4 is 24.8 Å². The molecule has 0 unspecified atom stereocenters. The summed E-state index contributed by atoms with van der Waals surface area (Å²) in [5, 5.41) is 5.71. The number of carbonyl (C=O) groups is 2. The van der Waals surface area contributed by atoms with Crippen LogP contribution in [0.4, 0.5) is 5.69 Å². The van der Waals surface area contributed by atoms with Crippen molar-refractivity contribution in [1.82, 2.24) is 5.32 Å². The highest BCUT2D eigenvalue weighted by Gasteiger charge is 2.23. The Bertz CT molecular complexity index is 1220. The first-order valence-corrected chi connectivity index (χ1v) is 11.0. The van der Waals surface area contributed by atoms with E-state index in [4.69, 9.17) is 14.2 Å². The summed E-state index contributed by atoms with van der Waals surface area (Å²) in [5.41, 5.74) is 2.71. The monoisotopic (exact) mass is 458 g/mol. The van der Waals surface area contributed by atoms with E-state index in [0.29, 0.717) is 42.3 Å². The topological polar surface area (TPSA) is 85.9 Å². The van der Waals surface area contributed by atoms with Gasteiger partial charge in [-0.1, -0.05) is 30.3 Å². The van der Waals surface area contributed by atoms with Crippen LogP contribution in [0.5, 0.6) is 17.2 Å². The van der Waals surface area contributed by atoms with Crippen LogP contribution in [0.3, 0.4) is 0 Å². The molecule has 0 aliphatic carbocycles. The van der Waals surface area contributed by atoms with Crippen LogP contribution in [0, 0.1) is 0 Å². The van der Waals surface area contributed by atoms with Gasteiger partial charge in [-0.25, -0.2) is 0 Å². The minimum Gasteiger partial charge on any atom is -0.496 e. The SMILES string of the molecule is CCOc1ccc(CCNC(=O)c2ccc3c(c2)NC(=O)C(=Cc2ccccc2OC)O3)cc1. The van der Waals surface area contributed by atoms with Gasteiger partial charge < -0.3 is 24.8 Å². The highest BCUT2D eigenvalue weighted by atomic mass is 16.5. The van der Waals surface area contributed by atoms with E-state index in [2.05, 4.69) is 10.6 Å². The Hall–Kier alpha value is -4.26. The van der Waals surface area contributed by atoms with Gasteiger partial charge in [0.05, 0.1) is 19.4 Å². The van der Waals surface area contributed by atoms with Gasteiger partial charge >= 0.3 is 0 Å². The van der Waals surface area contributed by atoms with E-state index < -0.39 is 5.91 Å². The Balaban J connectivity index is 1.39. The molecule has 0 spiro atoms. The molecule has 3 aromatic carbocycles. The Morgan fingerprint density at radius 3 is 2.65 bits per heavy atom. The quantitative estimate of drug-likeness (QED) is 0.488. The van der Waals surface area contributed by atoms with E-state index in [1.165, 1.54) is 0 Å². The molecule has 3 aromatic rings.